The Bertz CT molecular complexity index is 655. The zero-order chi connectivity index (χ0) is 13.8. The second-order valence-corrected chi connectivity index (χ2v) is 7.90. The first kappa shape index (κ1) is 12.9. The normalized spacial score (nSPS) is 28.3. The average molecular weight is 296 g/mol. The van der Waals surface area contributed by atoms with Gasteiger partial charge in [-0.05, 0) is 43.3 Å². The Labute approximate surface area is 118 Å². The maximum absolute atomic E-state index is 11.8. The summed E-state index contributed by atoms with van der Waals surface area (Å²) in [7, 11) is -2.96. The number of rotatable bonds is 1. The summed E-state index contributed by atoms with van der Waals surface area (Å²) in [5.74, 6) is 0.358. The lowest BCUT2D eigenvalue weighted by Gasteiger charge is -2.25. The third kappa shape index (κ3) is 2.12. The molecule has 19 heavy (non-hydrogen) atoms. The van der Waals surface area contributed by atoms with Crippen molar-refractivity contribution in [2.75, 3.05) is 16.4 Å². The van der Waals surface area contributed by atoms with E-state index in [0.29, 0.717) is 5.11 Å². The van der Waals surface area contributed by atoms with Crippen LogP contribution in [0.3, 0.4) is 0 Å². The predicted molar refractivity (Wildman–Crippen MR) is 80.4 cm³/mol. The van der Waals surface area contributed by atoms with Crippen LogP contribution in [0, 0.1) is 13.8 Å². The van der Waals surface area contributed by atoms with Gasteiger partial charge in [0.25, 0.3) is 0 Å². The summed E-state index contributed by atoms with van der Waals surface area (Å²) < 4.78 is 23.5. The van der Waals surface area contributed by atoms with Crippen molar-refractivity contribution in [3.8, 4) is 0 Å². The molecule has 2 atom stereocenters. The molecule has 1 N–H and O–H groups in total. The summed E-state index contributed by atoms with van der Waals surface area (Å²) in [4.78, 5) is 1.98. The molecule has 2 aliphatic rings. The molecule has 0 saturated carbocycles. The summed E-state index contributed by atoms with van der Waals surface area (Å²) in [6, 6.07) is 6.02. The molecule has 0 unspecified atom stereocenters. The van der Waals surface area contributed by atoms with E-state index in [2.05, 4.69) is 11.4 Å². The fraction of sp³-hybridized carbons (Fsp3) is 0.462. The molecule has 2 heterocycles. The molecular formula is C13H16N2O2S2. The number of nitrogens with one attached hydrogen (secondary N) is 1. The second-order valence-electron chi connectivity index (χ2n) is 5.36. The van der Waals surface area contributed by atoms with Crippen LogP contribution < -0.4 is 10.2 Å². The third-order valence-corrected chi connectivity index (χ3v) is 5.84. The van der Waals surface area contributed by atoms with Gasteiger partial charge >= 0.3 is 0 Å². The minimum Gasteiger partial charge on any atom is -0.356 e. The zero-order valence-electron chi connectivity index (χ0n) is 10.9. The molecule has 2 fully saturated rings. The van der Waals surface area contributed by atoms with E-state index in [9.17, 15) is 8.42 Å². The highest BCUT2D eigenvalue weighted by Crippen LogP contribution is 2.32. The first-order valence-electron chi connectivity index (χ1n) is 6.25. The first-order valence-corrected chi connectivity index (χ1v) is 8.48. The molecule has 0 radical (unpaired) electrons. The van der Waals surface area contributed by atoms with Crippen LogP contribution in [0.15, 0.2) is 18.2 Å². The van der Waals surface area contributed by atoms with E-state index >= 15 is 0 Å². The van der Waals surface area contributed by atoms with Crippen LogP contribution in [-0.2, 0) is 9.84 Å². The van der Waals surface area contributed by atoms with E-state index in [1.807, 2.05) is 30.9 Å². The topological polar surface area (TPSA) is 49.4 Å². The van der Waals surface area contributed by atoms with Gasteiger partial charge in [0, 0.05) is 5.69 Å². The third-order valence-electron chi connectivity index (χ3n) is 3.81. The Morgan fingerprint density at radius 2 is 2.05 bits per heavy atom. The summed E-state index contributed by atoms with van der Waals surface area (Å²) in [6.45, 7) is 4.05. The molecule has 0 aliphatic carbocycles. The maximum atomic E-state index is 11.8. The van der Waals surface area contributed by atoms with Crippen molar-refractivity contribution in [3.05, 3.63) is 29.3 Å². The van der Waals surface area contributed by atoms with Gasteiger partial charge in [-0.1, -0.05) is 12.1 Å². The van der Waals surface area contributed by atoms with Crippen molar-refractivity contribution in [2.24, 2.45) is 0 Å². The highest BCUT2D eigenvalue weighted by atomic mass is 32.2. The summed E-state index contributed by atoms with van der Waals surface area (Å²) in [5.41, 5.74) is 3.27. The molecule has 0 amide bonds. The maximum Gasteiger partial charge on any atom is 0.174 e. The van der Waals surface area contributed by atoms with Crippen LogP contribution in [0.1, 0.15) is 11.1 Å². The molecule has 2 saturated heterocycles. The highest BCUT2D eigenvalue weighted by Gasteiger charge is 2.47. The molecule has 2 aliphatic heterocycles. The zero-order valence-corrected chi connectivity index (χ0v) is 12.5. The number of sulfone groups is 1. The van der Waals surface area contributed by atoms with Crippen molar-refractivity contribution in [3.63, 3.8) is 0 Å². The van der Waals surface area contributed by atoms with E-state index < -0.39 is 9.84 Å². The Morgan fingerprint density at radius 1 is 1.32 bits per heavy atom. The van der Waals surface area contributed by atoms with Crippen molar-refractivity contribution in [1.82, 2.24) is 5.32 Å². The fourth-order valence-corrected chi connectivity index (χ4v) is 5.14. The SMILES string of the molecule is Cc1ccc(C)c(N2C(=S)N[C@H]3CS(=O)(=O)C[C@H]32)c1. The van der Waals surface area contributed by atoms with E-state index in [0.717, 1.165) is 16.8 Å². The lowest BCUT2D eigenvalue weighted by atomic mass is 10.1. The molecule has 6 heteroatoms. The van der Waals surface area contributed by atoms with E-state index in [1.54, 1.807) is 0 Å². The lowest BCUT2D eigenvalue weighted by molar-refractivity contribution is 0.600. The molecule has 0 bridgehead atoms. The number of anilines is 1. The van der Waals surface area contributed by atoms with E-state index in [-0.39, 0.29) is 23.6 Å². The number of fused-ring (bicyclic) bond motifs is 1. The van der Waals surface area contributed by atoms with E-state index in [1.165, 1.54) is 0 Å². The van der Waals surface area contributed by atoms with Gasteiger partial charge in [-0.15, -0.1) is 0 Å². The van der Waals surface area contributed by atoms with Crippen molar-refractivity contribution >= 4 is 32.9 Å². The van der Waals surface area contributed by atoms with Crippen LogP contribution in [0.25, 0.3) is 0 Å². The van der Waals surface area contributed by atoms with Crippen molar-refractivity contribution < 1.29 is 8.42 Å². The molecule has 102 valence electrons. The van der Waals surface area contributed by atoms with Crippen LogP contribution >= 0.6 is 12.2 Å². The Kier molecular flexibility index (Phi) is 2.83. The fourth-order valence-electron chi connectivity index (χ4n) is 2.87. The van der Waals surface area contributed by atoms with Crippen molar-refractivity contribution in [1.29, 1.82) is 0 Å². The number of aryl methyl sites for hydroxylation is 2. The number of benzene rings is 1. The van der Waals surface area contributed by atoms with Gasteiger partial charge < -0.3 is 10.2 Å². The minimum absolute atomic E-state index is 0.0713. The van der Waals surface area contributed by atoms with Crippen LogP contribution in [0.2, 0.25) is 0 Å². The monoisotopic (exact) mass is 296 g/mol. The highest BCUT2D eigenvalue weighted by molar-refractivity contribution is 7.91. The number of nitrogens with zero attached hydrogens (tertiary/aromatic N) is 1. The summed E-state index contributed by atoms with van der Waals surface area (Å²) in [6.07, 6.45) is 0. The van der Waals surface area contributed by atoms with Gasteiger partial charge in [-0.3, -0.25) is 0 Å². The van der Waals surface area contributed by atoms with Crippen LogP contribution in [0.5, 0.6) is 0 Å². The predicted octanol–water partition coefficient (Wildman–Crippen LogP) is 1.16. The number of hydrogen-bond acceptors (Lipinski definition) is 3. The lowest BCUT2D eigenvalue weighted by Crippen LogP contribution is -2.37. The Hall–Kier alpha value is -1.14. The van der Waals surface area contributed by atoms with Crippen molar-refractivity contribution in [2.45, 2.75) is 25.9 Å². The summed E-state index contributed by atoms with van der Waals surface area (Å²) in [5, 5.41) is 3.78. The molecule has 4 nitrogen and oxygen atoms in total. The number of thiocarbonyl (C=S) groups is 1. The van der Waals surface area contributed by atoms with Gasteiger partial charge in [-0.25, -0.2) is 8.42 Å². The standard InChI is InChI=1S/C13H16N2O2S2/c1-8-3-4-9(2)11(5-8)15-12-7-19(16,17)6-10(12)14-13(15)18/h3-5,10,12H,6-7H2,1-2H3,(H,14,18)/t10-,12+/m0/s1. The first-order chi connectivity index (χ1) is 8.87. The van der Waals surface area contributed by atoms with E-state index in [4.69, 9.17) is 12.2 Å². The van der Waals surface area contributed by atoms with Crippen LogP contribution in [0.4, 0.5) is 5.69 Å². The second kappa shape index (κ2) is 4.18. The summed E-state index contributed by atoms with van der Waals surface area (Å²) >= 11 is 5.37. The quantitative estimate of drug-likeness (QED) is 0.788. The minimum atomic E-state index is -2.96. The molecule has 3 rings (SSSR count). The average Bonchev–Trinajstić information content (AvgIpc) is 2.73. The van der Waals surface area contributed by atoms with Gasteiger partial charge in [0.05, 0.1) is 23.6 Å². The molecule has 0 spiro atoms. The smallest absolute Gasteiger partial charge is 0.174 e. The molecule has 1 aromatic carbocycles. The Morgan fingerprint density at radius 3 is 2.79 bits per heavy atom. The van der Waals surface area contributed by atoms with Crippen LogP contribution in [-0.4, -0.2) is 37.1 Å². The Balaban J connectivity index is 2.04. The van der Waals surface area contributed by atoms with Gasteiger partial charge in [0.15, 0.2) is 14.9 Å². The molecule has 0 aromatic heterocycles. The van der Waals surface area contributed by atoms with Gasteiger partial charge in [-0.2, -0.15) is 0 Å². The van der Waals surface area contributed by atoms with Gasteiger partial charge in [0.1, 0.15) is 0 Å². The molecule has 1 aromatic rings. The largest absolute Gasteiger partial charge is 0.356 e. The number of hydrogen-bond donors (Lipinski definition) is 1. The van der Waals surface area contributed by atoms with Gasteiger partial charge in [0.2, 0.25) is 0 Å². The molecular weight excluding hydrogens is 280 g/mol.